The normalized spacial score (nSPS) is 32.2. The summed E-state index contributed by atoms with van der Waals surface area (Å²) in [6.45, 7) is 1.23. The lowest BCUT2D eigenvalue weighted by molar-refractivity contribution is 0.0938. The fraction of sp³-hybridized carbons (Fsp3) is 1.00. The van der Waals surface area contributed by atoms with Crippen LogP contribution in [0.3, 0.4) is 0 Å². The van der Waals surface area contributed by atoms with E-state index in [2.05, 4.69) is 0 Å². The third-order valence-electron chi connectivity index (χ3n) is 2.55. The molecule has 2 unspecified atom stereocenters. The molecule has 2 nitrogen and oxygen atoms in total. The van der Waals surface area contributed by atoms with Crippen LogP contribution in [0.1, 0.15) is 25.7 Å². The molecule has 0 aromatic rings. The standard InChI is InChI=1S/C9H18O2/c1-11-7-9-4-2-3-8(5-9)6-10/h8-10H,2-7H2,1H3. The monoisotopic (exact) mass is 158 g/mol. The van der Waals surface area contributed by atoms with Crippen LogP contribution >= 0.6 is 0 Å². The predicted molar refractivity (Wildman–Crippen MR) is 44.4 cm³/mol. The Morgan fingerprint density at radius 3 is 2.73 bits per heavy atom. The first kappa shape index (κ1) is 9.01. The molecule has 1 aliphatic carbocycles. The van der Waals surface area contributed by atoms with Crippen LogP contribution in [0.2, 0.25) is 0 Å². The summed E-state index contributed by atoms with van der Waals surface area (Å²) in [4.78, 5) is 0. The fourth-order valence-corrected chi connectivity index (χ4v) is 1.96. The highest BCUT2D eigenvalue weighted by Gasteiger charge is 2.20. The van der Waals surface area contributed by atoms with Gasteiger partial charge in [-0.25, -0.2) is 0 Å². The molecule has 1 rings (SSSR count). The third kappa shape index (κ3) is 2.80. The molecule has 1 N–H and O–H groups in total. The van der Waals surface area contributed by atoms with E-state index < -0.39 is 0 Å². The number of methoxy groups -OCH3 is 1. The molecule has 0 aliphatic heterocycles. The zero-order valence-electron chi connectivity index (χ0n) is 7.25. The second kappa shape index (κ2) is 4.73. The summed E-state index contributed by atoms with van der Waals surface area (Å²) in [6, 6.07) is 0. The van der Waals surface area contributed by atoms with Gasteiger partial charge in [-0.2, -0.15) is 0 Å². The lowest BCUT2D eigenvalue weighted by Gasteiger charge is -2.27. The van der Waals surface area contributed by atoms with Gasteiger partial charge < -0.3 is 9.84 Å². The number of ether oxygens (including phenoxy) is 1. The number of aliphatic hydroxyl groups is 1. The quantitative estimate of drug-likeness (QED) is 0.673. The Kier molecular flexibility index (Phi) is 3.87. The van der Waals surface area contributed by atoms with E-state index in [1.54, 1.807) is 7.11 Å². The first-order chi connectivity index (χ1) is 5.36. The van der Waals surface area contributed by atoms with E-state index in [1.165, 1.54) is 19.3 Å². The minimum Gasteiger partial charge on any atom is -0.396 e. The largest absolute Gasteiger partial charge is 0.396 e. The molecule has 0 heterocycles. The summed E-state index contributed by atoms with van der Waals surface area (Å²) in [5.41, 5.74) is 0. The topological polar surface area (TPSA) is 29.5 Å². The van der Waals surface area contributed by atoms with Crippen LogP contribution in [-0.2, 0) is 4.74 Å². The van der Waals surface area contributed by atoms with Crippen LogP contribution in [0.25, 0.3) is 0 Å². The Labute approximate surface area is 68.6 Å². The van der Waals surface area contributed by atoms with Gasteiger partial charge in [-0.1, -0.05) is 6.42 Å². The predicted octanol–water partition coefficient (Wildman–Crippen LogP) is 1.43. The minimum absolute atomic E-state index is 0.361. The van der Waals surface area contributed by atoms with Crippen molar-refractivity contribution in [2.75, 3.05) is 20.3 Å². The van der Waals surface area contributed by atoms with Crippen molar-refractivity contribution in [1.29, 1.82) is 0 Å². The Morgan fingerprint density at radius 1 is 1.36 bits per heavy atom. The van der Waals surface area contributed by atoms with E-state index in [0.29, 0.717) is 18.4 Å². The molecule has 0 spiro atoms. The van der Waals surface area contributed by atoms with Crippen molar-refractivity contribution < 1.29 is 9.84 Å². The Hall–Kier alpha value is -0.0800. The highest BCUT2D eigenvalue weighted by molar-refractivity contribution is 4.71. The highest BCUT2D eigenvalue weighted by atomic mass is 16.5. The molecule has 2 heteroatoms. The van der Waals surface area contributed by atoms with E-state index in [4.69, 9.17) is 9.84 Å². The molecule has 1 saturated carbocycles. The van der Waals surface area contributed by atoms with Gasteiger partial charge in [-0.15, -0.1) is 0 Å². The summed E-state index contributed by atoms with van der Waals surface area (Å²) >= 11 is 0. The molecule has 66 valence electrons. The molecule has 0 aromatic carbocycles. The summed E-state index contributed by atoms with van der Waals surface area (Å²) in [5, 5.41) is 8.94. The van der Waals surface area contributed by atoms with Gasteiger partial charge >= 0.3 is 0 Å². The molecule has 11 heavy (non-hydrogen) atoms. The lowest BCUT2D eigenvalue weighted by Crippen LogP contribution is -2.21. The average Bonchev–Trinajstić information content (AvgIpc) is 2.06. The van der Waals surface area contributed by atoms with Crippen molar-refractivity contribution in [1.82, 2.24) is 0 Å². The summed E-state index contributed by atoms with van der Waals surface area (Å²) < 4.78 is 5.09. The van der Waals surface area contributed by atoms with E-state index in [9.17, 15) is 0 Å². The zero-order chi connectivity index (χ0) is 8.10. The summed E-state index contributed by atoms with van der Waals surface area (Å²) in [6.07, 6.45) is 4.91. The van der Waals surface area contributed by atoms with Crippen molar-refractivity contribution >= 4 is 0 Å². The zero-order valence-corrected chi connectivity index (χ0v) is 7.25. The molecular formula is C9H18O2. The fourth-order valence-electron chi connectivity index (χ4n) is 1.96. The van der Waals surface area contributed by atoms with E-state index in [-0.39, 0.29) is 0 Å². The first-order valence-electron chi connectivity index (χ1n) is 4.46. The van der Waals surface area contributed by atoms with Crippen molar-refractivity contribution in [2.45, 2.75) is 25.7 Å². The minimum atomic E-state index is 0.361. The van der Waals surface area contributed by atoms with Gasteiger partial charge in [-0.3, -0.25) is 0 Å². The highest BCUT2D eigenvalue weighted by Crippen LogP contribution is 2.28. The molecule has 0 saturated heterocycles. The van der Waals surface area contributed by atoms with Gasteiger partial charge in [-0.05, 0) is 31.1 Å². The van der Waals surface area contributed by atoms with Gasteiger partial charge in [0.15, 0.2) is 0 Å². The summed E-state index contributed by atoms with van der Waals surface area (Å²) in [5.74, 6) is 1.25. The third-order valence-corrected chi connectivity index (χ3v) is 2.55. The number of rotatable bonds is 3. The lowest BCUT2D eigenvalue weighted by atomic mass is 9.82. The van der Waals surface area contributed by atoms with Gasteiger partial charge in [0.05, 0.1) is 0 Å². The number of aliphatic hydroxyl groups excluding tert-OH is 1. The molecule has 0 radical (unpaired) electrons. The average molecular weight is 158 g/mol. The maximum atomic E-state index is 8.94. The molecule has 0 amide bonds. The Morgan fingerprint density at radius 2 is 2.09 bits per heavy atom. The first-order valence-corrected chi connectivity index (χ1v) is 4.46. The van der Waals surface area contributed by atoms with Crippen molar-refractivity contribution in [2.24, 2.45) is 11.8 Å². The molecule has 0 aromatic heterocycles. The molecule has 0 bridgehead atoms. The van der Waals surface area contributed by atoms with Crippen molar-refractivity contribution in [3.05, 3.63) is 0 Å². The molecule has 2 atom stereocenters. The van der Waals surface area contributed by atoms with Crippen molar-refractivity contribution in [3.63, 3.8) is 0 Å². The second-order valence-corrected chi connectivity index (χ2v) is 3.54. The van der Waals surface area contributed by atoms with E-state index in [0.717, 1.165) is 13.0 Å². The van der Waals surface area contributed by atoms with Gasteiger partial charge in [0, 0.05) is 20.3 Å². The van der Waals surface area contributed by atoms with E-state index in [1.807, 2.05) is 0 Å². The van der Waals surface area contributed by atoms with Gasteiger partial charge in [0.2, 0.25) is 0 Å². The maximum absolute atomic E-state index is 8.94. The van der Waals surface area contributed by atoms with E-state index >= 15 is 0 Å². The molecule has 1 aliphatic rings. The van der Waals surface area contributed by atoms with Crippen LogP contribution in [0, 0.1) is 11.8 Å². The molecule has 1 fully saturated rings. The number of hydrogen-bond donors (Lipinski definition) is 1. The van der Waals surface area contributed by atoms with Crippen LogP contribution in [0.4, 0.5) is 0 Å². The van der Waals surface area contributed by atoms with Crippen LogP contribution in [0.5, 0.6) is 0 Å². The second-order valence-electron chi connectivity index (χ2n) is 3.54. The maximum Gasteiger partial charge on any atom is 0.0490 e. The summed E-state index contributed by atoms with van der Waals surface area (Å²) in [7, 11) is 1.75. The van der Waals surface area contributed by atoms with Crippen molar-refractivity contribution in [3.8, 4) is 0 Å². The molecular weight excluding hydrogens is 140 g/mol. The SMILES string of the molecule is COCC1CCCC(CO)C1. The van der Waals surface area contributed by atoms with Crippen LogP contribution in [-0.4, -0.2) is 25.4 Å². The number of hydrogen-bond acceptors (Lipinski definition) is 2. The Balaban J connectivity index is 2.21. The van der Waals surface area contributed by atoms with Gasteiger partial charge in [0.25, 0.3) is 0 Å². The van der Waals surface area contributed by atoms with Gasteiger partial charge in [0.1, 0.15) is 0 Å². The van der Waals surface area contributed by atoms with Crippen LogP contribution < -0.4 is 0 Å². The smallest absolute Gasteiger partial charge is 0.0490 e. The van der Waals surface area contributed by atoms with Crippen LogP contribution in [0.15, 0.2) is 0 Å². The Bertz CT molecular complexity index is 102.